The van der Waals surface area contributed by atoms with Crippen molar-refractivity contribution in [3.8, 4) is 0 Å². The molecule has 1 rings (SSSR count). The number of nitrogens with two attached hydrogens (primary N) is 1. The van der Waals surface area contributed by atoms with Crippen LogP contribution in [0.3, 0.4) is 0 Å². The first kappa shape index (κ1) is 15.0. The van der Waals surface area contributed by atoms with Crippen LogP contribution in [-0.2, 0) is 11.3 Å². The summed E-state index contributed by atoms with van der Waals surface area (Å²) < 4.78 is 0. The molecule has 0 spiro atoms. The standard InChI is InChI=1S/C13H20ClN3O/c1-9(13(18)16-15)10(2)17(3)8-11-5-4-6-12(14)7-11/h4-7,9-10H,8,15H2,1-3H3,(H,16,18). The minimum Gasteiger partial charge on any atom is -0.299 e. The van der Waals surface area contributed by atoms with E-state index in [0.717, 1.165) is 17.1 Å². The van der Waals surface area contributed by atoms with Gasteiger partial charge in [-0.2, -0.15) is 0 Å². The Kier molecular flexibility index (Phi) is 5.59. The van der Waals surface area contributed by atoms with Gasteiger partial charge in [-0.15, -0.1) is 0 Å². The van der Waals surface area contributed by atoms with Crippen molar-refractivity contribution in [2.45, 2.75) is 26.4 Å². The molecule has 2 unspecified atom stereocenters. The van der Waals surface area contributed by atoms with Crippen molar-refractivity contribution in [1.29, 1.82) is 0 Å². The van der Waals surface area contributed by atoms with Crippen LogP contribution in [-0.4, -0.2) is 23.9 Å². The van der Waals surface area contributed by atoms with Gasteiger partial charge in [0.05, 0.1) is 5.92 Å². The van der Waals surface area contributed by atoms with E-state index >= 15 is 0 Å². The number of nitrogens with one attached hydrogen (secondary N) is 1. The zero-order valence-corrected chi connectivity index (χ0v) is 11.7. The number of carbonyl (C=O) groups excluding carboxylic acids is 1. The summed E-state index contributed by atoms with van der Waals surface area (Å²) in [5.74, 6) is 4.83. The Hall–Kier alpha value is -1.10. The molecule has 5 heteroatoms. The highest BCUT2D eigenvalue weighted by Crippen LogP contribution is 2.16. The zero-order chi connectivity index (χ0) is 13.7. The molecule has 0 aromatic heterocycles. The summed E-state index contributed by atoms with van der Waals surface area (Å²) in [5.41, 5.74) is 3.31. The number of amides is 1. The van der Waals surface area contributed by atoms with Crippen LogP contribution in [0.2, 0.25) is 5.02 Å². The van der Waals surface area contributed by atoms with Crippen molar-refractivity contribution in [2.75, 3.05) is 7.05 Å². The van der Waals surface area contributed by atoms with Gasteiger partial charge >= 0.3 is 0 Å². The molecule has 4 nitrogen and oxygen atoms in total. The lowest BCUT2D eigenvalue weighted by molar-refractivity contribution is -0.126. The summed E-state index contributed by atoms with van der Waals surface area (Å²) in [6.45, 7) is 4.61. The van der Waals surface area contributed by atoms with E-state index < -0.39 is 0 Å². The summed E-state index contributed by atoms with van der Waals surface area (Å²) in [6, 6.07) is 7.80. The van der Waals surface area contributed by atoms with E-state index in [0.29, 0.717) is 0 Å². The summed E-state index contributed by atoms with van der Waals surface area (Å²) >= 11 is 5.94. The van der Waals surface area contributed by atoms with Gasteiger partial charge in [0.15, 0.2) is 0 Å². The molecule has 0 bridgehead atoms. The number of hydrazine groups is 1. The Morgan fingerprint density at radius 3 is 2.72 bits per heavy atom. The van der Waals surface area contributed by atoms with Gasteiger partial charge in [0.25, 0.3) is 0 Å². The first-order chi connectivity index (χ1) is 8.45. The van der Waals surface area contributed by atoms with Crippen LogP contribution in [0.25, 0.3) is 0 Å². The largest absolute Gasteiger partial charge is 0.299 e. The maximum absolute atomic E-state index is 11.5. The first-order valence-electron chi connectivity index (χ1n) is 5.91. The van der Waals surface area contributed by atoms with Gasteiger partial charge < -0.3 is 0 Å². The Balaban J connectivity index is 2.65. The van der Waals surface area contributed by atoms with Gasteiger partial charge in [0.1, 0.15) is 0 Å². The minimum atomic E-state index is -0.167. The van der Waals surface area contributed by atoms with Crippen molar-refractivity contribution in [1.82, 2.24) is 10.3 Å². The highest BCUT2D eigenvalue weighted by Gasteiger charge is 2.22. The SMILES string of the molecule is CC(C(=O)NN)C(C)N(C)Cc1cccc(Cl)c1. The lowest BCUT2D eigenvalue weighted by Crippen LogP contribution is -2.44. The van der Waals surface area contributed by atoms with E-state index in [1.807, 2.05) is 45.2 Å². The van der Waals surface area contributed by atoms with Gasteiger partial charge in [0.2, 0.25) is 5.91 Å². The number of halogens is 1. The second-order valence-electron chi connectivity index (χ2n) is 4.58. The normalized spacial score (nSPS) is 14.3. The Bertz CT molecular complexity index is 411. The maximum atomic E-state index is 11.5. The topological polar surface area (TPSA) is 58.4 Å². The zero-order valence-electron chi connectivity index (χ0n) is 11.0. The molecular formula is C13H20ClN3O. The maximum Gasteiger partial charge on any atom is 0.238 e. The lowest BCUT2D eigenvalue weighted by Gasteiger charge is -2.28. The predicted octanol–water partition coefficient (Wildman–Crippen LogP) is 1.79. The van der Waals surface area contributed by atoms with Crippen LogP contribution < -0.4 is 11.3 Å². The van der Waals surface area contributed by atoms with E-state index in [1.54, 1.807) is 0 Å². The van der Waals surface area contributed by atoms with Crippen LogP contribution in [0.1, 0.15) is 19.4 Å². The van der Waals surface area contributed by atoms with E-state index in [9.17, 15) is 4.79 Å². The molecule has 18 heavy (non-hydrogen) atoms. The summed E-state index contributed by atoms with van der Waals surface area (Å²) in [7, 11) is 1.98. The Morgan fingerprint density at radius 2 is 2.17 bits per heavy atom. The van der Waals surface area contributed by atoms with Crippen LogP contribution in [0.5, 0.6) is 0 Å². The van der Waals surface area contributed by atoms with Crippen molar-refractivity contribution >= 4 is 17.5 Å². The lowest BCUT2D eigenvalue weighted by atomic mass is 10.0. The van der Waals surface area contributed by atoms with E-state index in [-0.39, 0.29) is 17.9 Å². The van der Waals surface area contributed by atoms with Crippen LogP contribution in [0.15, 0.2) is 24.3 Å². The smallest absolute Gasteiger partial charge is 0.238 e. The highest BCUT2D eigenvalue weighted by atomic mass is 35.5. The number of carbonyl (C=O) groups is 1. The molecule has 0 aliphatic heterocycles. The van der Waals surface area contributed by atoms with Crippen molar-refractivity contribution in [3.63, 3.8) is 0 Å². The third-order valence-electron chi connectivity index (χ3n) is 3.30. The summed E-state index contributed by atoms with van der Waals surface area (Å²) in [5, 5.41) is 0.723. The molecular weight excluding hydrogens is 250 g/mol. The van der Waals surface area contributed by atoms with E-state index in [4.69, 9.17) is 17.4 Å². The highest BCUT2D eigenvalue weighted by molar-refractivity contribution is 6.30. The fraction of sp³-hybridized carbons (Fsp3) is 0.462. The van der Waals surface area contributed by atoms with Gasteiger partial charge in [0, 0.05) is 17.6 Å². The molecule has 1 amide bonds. The second kappa shape index (κ2) is 6.73. The molecule has 1 aromatic rings. The molecule has 3 N–H and O–H groups in total. The monoisotopic (exact) mass is 269 g/mol. The number of benzene rings is 1. The quantitative estimate of drug-likeness (QED) is 0.487. The van der Waals surface area contributed by atoms with Crippen LogP contribution >= 0.6 is 11.6 Å². The second-order valence-corrected chi connectivity index (χ2v) is 5.02. The van der Waals surface area contributed by atoms with Gasteiger partial charge in [-0.05, 0) is 31.7 Å². The molecule has 0 saturated carbocycles. The fourth-order valence-corrected chi connectivity index (χ4v) is 2.01. The van der Waals surface area contributed by atoms with Crippen molar-refractivity contribution in [2.24, 2.45) is 11.8 Å². The molecule has 100 valence electrons. The van der Waals surface area contributed by atoms with Crippen LogP contribution in [0.4, 0.5) is 0 Å². The average molecular weight is 270 g/mol. The van der Waals surface area contributed by atoms with E-state index in [2.05, 4.69) is 10.3 Å². The van der Waals surface area contributed by atoms with Crippen molar-refractivity contribution in [3.05, 3.63) is 34.9 Å². The van der Waals surface area contributed by atoms with Crippen LogP contribution in [0, 0.1) is 5.92 Å². The third kappa shape index (κ3) is 3.98. The Morgan fingerprint density at radius 1 is 1.50 bits per heavy atom. The molecule has 0 aliphatic carbocycles. The molecule has 2 atom stereocenters. The molecule has 1 aromatic carbocycles. The van der Waals surface area contributed by atoms with Gasteiger partial charge in [-0.3, -0.25) is 15.1 Å². The predicted molar refractivity (Wildman–Crippen MR) is 73.9 cm³/mol. The number of hydrogen-bond acceptors (Lipinski definition) is 3. The Labute approximate surface area is 113 Å². The fourth-order valence-electron chi connectivity index (χ4n) is 1.80. The number of nitrogens with zero attached hydrogens (tertiary/aromatic N) is 1. The van der Waals surface area contributed by atoms with Crippen molar-refractivity contribution < 1.29 is 4.79 Å². The number of hydrogen-bond donors (Lipinski definition) is 2. The molecule has 0 fully saturated rings. The average Bonchev–Trinajstić information content (AvgIpc) is 2.36. The first-order valence-corrected chi connectivity index (χ1v) is 6.28. The molecule has 0 radical (unpaired) electrons. The molecule has 0 aliphatic rings. The van der Waals surface area contributed by atoms with E-state index in [1.165, 1.54) is 0 Å². The van der Waals surface area contributed by atoms with Gasteiger partial charge in [-0.1, -0.05) is 30.7 Å². The number of rotatable bonds is 5. The minimum absolute atomic E-state index is 0.0903. The van der Waals surface area contributed by atoms with Gasteiger partial charge in [-0.25, -0.2) is 5.84 Å². The molecule has 0 saturated heterocycles. The molecule has 0 heterocycles. The third-order valence-corrected chi connectivity index (χ3v) is 3.53. The summed E-state index contributed by atoms with van der Waals surface area (Å²) in [4.78, 5) is 13.6. The summed E-state index contributed by atoms with van der Waals surface area (Å²) in [6.07, 6.45) is 0.